The van der Waals surface area contributed by atoms with Crippen LogP contribution >= 0.6 is 0 Å². The number of hydrogen-bond donors (Lipinski definition) is 1. The summed E-state index contributed by atoms with van der Waals surface area (Å²) in [5, 5.41) is 7.57. The highest BCUT2D eigenvalue weighted by Gasteiger charge is 2.15. The summed E-state index contributed by atoms with van der Waals surface area (Å²) >= 11 is 0. The molecule has 0 unspecified atom stereocenters. The number of aromatic nitrogens is 3. The fraction of sp³-hybridized carbons (Fsp3) is 0.0952. The van der Waals surface area contributed by atoms with Crippen molar-refractivity contribution in [1.29, 1.82) is 0 Å². The molecule has 0 aliphatic rings. The van der Waals surface area contributed by atoms with Crippen molar-refractivity contribution < 1.29 is 4.52 Å². The molecule has 5 heteroatoms. The molecule has 0 spiro atoms. The van der Waals surface area contributed by atoms with Gasteiger partial charge in [-0.2, -0.15) is 4.98 Å². The number of nitrogens with one attached hydrogen (secondary N) is 1. The highest BCUT2D eigenvalue weighted by Crippen LogP contribution is 2.22. The lowest BCUT2D eigenvalue weighted by Gasteiger charge is -2.18. The van der Waals surface area contributed by atoms with Crippen molar-refractivity contribution in [3.05, 3.63) is 102 Å². The molecule has 4 aromatic rings. The Kier molecular flexibility index (Phi) is 4.80. The van der Waals surface area contributed by atoms with Gasteiger partial charge in [-0.1, -0.05) is 65.8 Å². The molecule has 128 valence electrons. The van der Waals surface area contributed by atoms with Gasteiger partial charge in [0.05, 0.1) is 12.6 Å². The maximum absolute atomic E-state index is 5.39. The van der Waals surface area contributed by atoms with Crippen molar-refractivity contribution in [3.8, 4) is 11.4 Å². The van der Waals surface area contributed by atoms with Crippen LogP contribution in [0, 0.1) is 0 Å². The molecule has 0 amide bonds. The average Bonchev–Trinajstić information content (AvgIpc) is 3.20. The maximum Gasteiger partial charge on any atom is 0.240 e. The summed E-state index contributed by atoms with van der Waals surface area (Å²) in [5.74, 6) is 1.09. The molecular weight excluding hydrogens is 324 g/mol. The monoisotopic (exact) mass is 342 g/mol. The smallest absolute Gasteiger partial charge is 0.240 e. The molecule has 0 aliphatic heterocycles. The lowest BCUT2D eigenvalue weighted by molar-refractivity contribution is 0.363. The van der Waals surface area contributed by atoms with Crippen molar-refractivity contribution in [3.63, 3.8) is 0 Å². The molecule has 0 bridgehead atoms. The van der Waals surface area contributed by atoms with Crippen LogP contribution in [-0.2, 0) is 6.54 Å². The van der Waals surface area contributed by atoms with Crippen LogP contribution in [0.3, 0.4) is 0 Å². The molecule has 4 rings (SSSR count). The number of pyridine rings is 1. The van der Waals surface area contributed by atoms with Crippen LogP contribution in [0.2, 0.25) is 0 Å². The topological polar surface area (TPSA) is 63.8 Å². The van der Waals surface area contributed by atoms with E-state index in [1.165, 1.54) is 11.1 Å². The SMILES string of the molecule is c1ccc(C(NCc2nc(-c3cccnc3)no2)c2ccccc2)cc1. The zero-order valence-corrected chi connectivity index (χ0v) is 14.1. The van der Waals surface area contributed by atoms with Crippen molar-refractivity contribution >= 4 is 0 Å². The average molecular weight is 342 g/mol. The van der Waals surface area contributed by atoms with Gasteiger partial charge in [-0.3, -0.25) is 10.3 Å². The van der Waals surface area contributed by atoms with E-state index in [1.807, 2.05) is 48.5 Å². The van der Waals surface area contributed by atoms with Crippen molar-refractivity contribution in [2.75, 3.05) is 0 Å². The van der Waals surface area contributed by atoms with Gasteiger partial charge in [0.25, 0.3) is 0 Å². The number of hydrogen-bond acceptors (Lipinski definition) is 5. The molecule has 2 aromatic heterocycles. The minimum atomic E-state index is 0.0474. The van der Waals surface area contributed by atoms with E-state index in [9.17, 15) is 0 Å². The second-order valence-corrected chi connectivity index (χ2v) is 5.89. The first kappa shape index (κ1) is 16.2. The van der Waals surface area contributed by atoms with E-state index in [0.29, 0.717) is 18.3 Å². The summed E-state index contributed by atoms with van der Waals surface area (Å²) in [4.78, 5) is 8.55. The second-order valence-electron chi connectivity index (χ2n) is 5.89. The van der Waals surface area contributed by atoms with Gasteiger partial charge in [0, 0.05) is 18.0 Å². The molecule has 0 saturated carbocycles. The summed E-state index contributed by atoms with van der Waals surface area (Å²) in [6.45, 7) is 0.474. The highest BCUT2D eigenvalue weighted by molar-refractivity contribution is 5.51. The van der Waals surface area contributed by atoms with E-state index in [-0.39, 0.29) is 6.04 Å². The molecule has 0 aliphatic carbocycles. The third-order valence-electron chi connectivity index (χ3n) is 4.11. The Morgan fingerprint density at radius 3 is 2.15 bits per heavy atom. The molecule has 0 fully saturated rings. The molecule has 2 aromatic carbocycles. The van der Waals surface area contributed by atoms with Gasteiger partial charge in [-0.05, 0) is 23.3 Å². The fourth-order valence-electron chi connectivity index (χ4n) is 2.85. The lowest BCUT2D eigenvalue weighted by Crippen LogP contribution is -2.22. The van der Waals surface area contributed by atoms with Crippen molar-refractivity contribution in [2.24, 2.45) is 0 Å². The van der Waals surface area contributed by atoms with E-state index in [2.05, 4.69) is 44.7 Å². The standard InChI is InChI=1S/C21H18N4O/c1-3-8-16(9-4-1)20(17-10-5-2-6-11-17)23-15-19-24-21(25-26-19)18-12-7-13-22-14-18/h1-14,20,23H,15H2. The Bertz CT molecular complexity index is 900. The first-order chi connectivity index (χ1) is 12.9. The Hall–Kier alpha value is -3.31. The fourth-order valence-corrected chi connectivity index (χ4v) is 2.85. The van der Waals surface area contributed by atoms with Crippen LogP contribution in [-0.4, -0.2) is 15.1 Å². The minimum Gasteiger partial charge on any atom is -0.338 e. The Balaban J connectivity index is 1.53. The van der Waals surface area contributed by atoms with Gasteiger partial charge in [-0.15, -0.1) is 0 Å². The largest absolute Gasteiger partial charge is 0.338 e. The highest BCUT2D eigenvalue weighted by atomic mass is 16.5. The van der Waals surface area contributed by atoms with Gasteiger partial charge >= 0.3 is 0 Å². The van der Waals surface area contributed by atoms with Crippen molar-refractivity contribution in [2.45, 2.75) is 12.6 Å². The molecule has 2 heterocycles. The van der Waals surface area contributed by atoms with Crippen LogP contribution in [0.25, 0.3) is 11.4 Å². The van der Waals surface area contributed by atoms with E-state index in [4.69, 9.17) is 4.52 Å². The van der Waals surface area contributed by atoms with Crippen LogP contribution in [0.5, 0.6) is 0 Å². The molecule has 1 N–H and O–H groups in total. The summed E-state index contributed by atoms with van der Waals surface area (Å²) in [6, 6.07) is 24.5. The second kappa shape index (κ2) is 7.72. The summed E-state index contributed by atoms with van der Waals surface area (Å²) < 4.78 is 5.39. The lowest BCUT2D eigenvalue weighted by atomic mass is 9.99. The number of nitrogens with zero attached hydrogens (tertiary/aromatic N) is 3. The first-order valence-corrected chi connectivity index (χ1v) is 8.46. The maximum atomic E-state index is 5.39. The summed E-state index contributed by atoms with van der Waals surface area (Å²) in [6.07, 6.45) is 3.44. The molecule has 0 atom stereocenters. The molecule has 0 saturated heterocycles. The van der Waals surface area contributed by atoms with Gasteiger partial charge in [-0.25, -0.2) is 0 Å². The summed E-state index contributed by atoms with van der Waals surface area (Å²) in [5.41, 5.74) is 3.21. The van der Waals surface area contributed by atoms with Gasteiger partial charge in [0.15, 0.2) is 0 Å². The van der Waals surface area contributed by atoms with E-state index >= 15 is 0 Å². The quantitative estimate of drug-likeness (QED) is 0.573. The van der Waals surface area contributed by atoms with Gasteiger partial charge in [0.2, 0.25) is 11.7 Å². The van der Waals surface area contributed by atoms with Crippen LogP contribution in [0.15, 0.2) is 89.7 Å². The third-order valence-corrected chi connectivity index (χ3v) is 4.11. The Labute approximate surface area is 151 Å². The number of rotatable bonds is 6. The zero-order valence-electron chi connectivity index (χ0n) is 14.1. The van der Waals surface area contributed by atoms with E-state index in [0.717, 1.165) is 5.56 Å². The van der Waals surface area contributed by atoms with Crippen LogP contribution in [0.4, 0.5) is 0 Å². The minimum absolute atomic E-state index is 0.0474. The molecular formula is C21H18N4O. The normalized spacial score (nSPS) is 11.0. The van der Waals surface area contributed by atoms with Gasteiger partial charge < -0.3 is 4.52 Å². The van der Waals surface area contributed by atoms with E-state index < -0.39 is 0 Å². The Morgan fingerprint density at radius 2 is 1.54 bits per heavy atom. The predicted octanol–water partition coefficient (Wildman–Crippen LogP) is 4.01. The number of benzene rings is 2. The van der Waals surface area contributed by atoms with Crippen molar-refractivity contribution in [1.82, 2.24) is 20.4 Å². The third kappa shape index (κ3) is 3.68. The molecule has 5 nitrogen and oxygen atoms in total. The van der Waals surface area contributed by atoms with E-state index in [1.54, 1.807) is 12.4 Å². The molecule has 26 heavy (non-hydrogen) atoms. The van der Waals surface area contributed by atoms with Crippen LogP contribution < -0.4 is 5.32 Å². The van der Waals surface area contributed by atoms with Crippen LogP contribution in [0.1, 0.15) is 23.1 Å². The molecule has 0 radical (unpaired) electrons. The summed E-state index contributed by atoms with van der Waals surface area (Å²) in [7, 11) is 0. The Morgan fingerprint density at radius 1 is 0.846 bits per heavy atom. The predicted molar refractivity (Wildman–Crippen MR) is 99.1 cm³/mol. The first-order valence-electron chi connectivity index (χ1n) is 8.46. The zero-order chi connectivity index (χ0) is 17.6. The van der Waals surface area contributed by atoms with Gasteiger partial charge in [0.1, 0.15) is 0 Å².